The first-order valence-electron chi connectivity index (χ1n) is 11.8. The molecular weight excluding hydrogens is 458 g/mol. The van der Waals surface area contributed by atoms with Crippen LogP contribution in [0.15, 0.2) is 30.3 Å². The number of likely N-dealkylation sites (tertiary alicyclic amines) is 1. The van der Waals surface area contributed by atoms with Crippen molar-refractivity contribution in [1.82, 2.24) is 15.5 Å². The molecule has 0 aliphatic carbocycles. The van der Waals surface area contributed by atoms with E-state index >= 15 is 0 Å². The van der Waals surface area contributed by atoms with Gasteiger partial charge in [-0.15, -0.1) is 0 Å². The van der Waals surface area contributed by atoms with Crippen molar-refractivity contribution in [3.05, 3.63) is 35.9 Å². The van der Waals surface area contributed by atoms with Crippen molar-refractivity contribution in [3.63, 3.8) is 0 Å². The summed E-state index contributed by atoms with van der Waals surface area (Å²) in [5, 5.41) is 15.8. The van der Waals surface area contributed by atoms with E-state index in [1.54, 1.807) is 13.8 Å². The molecule has 11 heteroatoms. The highest BCUT2D eigenvalue weighted by atomic mass is 16.8. The number of aliphatic hydroxyl groups is 1. The average molecular weight is 492 g/mol. The Morgan fingerprint density at radius 3 is 2.46 bits per heavy atom. The molecule has 0 radical (unpaired) electrons. The number of carbonyl (C=O) groups is 3. The van der Waals surface area contributed by atoms with Gasteiger partial charge >= 0.3 is 17.9 Å². The highest BCUT2D eigenvalue weighted by molar-refractivity contribution is 6.35. The number of piperidine rings is 1. The van der Waals surface area contributed by atoms with E-state index in [1.165, 1.54) is 4.90 Å². The second kappa shape index (κ2) is 10.1. The van der Waals surface area contributed by atoms with Crippen molar-refractivity contribution in [2.75, 3.05) is 19.6 Å². The van der Waals surface area contributed by atoms with Crippen molar-refractivity contribution in [3.8, 4) is 0 Å². The molecule has 1 aromatic carbocycles. The Labute approximate surface area is 204 Å². The summed E-state index contributed by atoms with van der Waals surface area (Å²) in [6, 6.07) is 9.38. The summed E-state index contributed by atoms with van der Waals surface area (Å²) in [7, 11) is 0. The number of aliphatic hydroxyl groups excluding tert-OH is 1. The maximum absolute atomic E-state index is 12.6. The maximum Gasteiger partial charge on any atom is 0.407 e. The van der Waals surface area contributed by atoms with Crippen molar-refractivity contribution in [1.29, 1.82) is 0 Å². The smallest absolute Gasteiger partial charge is 0.407 e. The third-order valence-electron chi connectivity index (χ3n) is 6.54. The third kappa shape index (κ3) is 6.10. The summed E-state index contributed by atoms with van der Waals surface area (Å²) in [5.41, 5.74) is 0.343. The first-order valence-corrected chi connectivity index (χ1v) is 11.8. The largest absolute Gasteiger partial charge is 0.445 e. The van der Waals surface area contributed by atoms with E-state index in [4.69, 9.17) is 18.9 Å². The molecule has 3 aliphatic heterocycles. The van der Waals surface area contributed by atoms with Crippen molar-refractivity contribution < 1.29 is 38.4 Å². The number of hydrogen-bond donors (Lipinski definition) is 3. The molecule has 192 valence electrons. The molecule has 0 unspecified atom stereocenters. The lowest BCUT2D eigenvalue weighted by atomic mass is 9.90. The van der Waals surface area contributed by atoms with Crippen LogP contribution in [0.5, 0.6) is 0 Å². The molecule has 3 fully saturated rings. The second-order valence-electron chi connectivity index (χ2n) is 9.88. The number of nitrogens with one attached hydrogen (secondary N) is 2. The minimum Gasteiger partial charge on any atom is -0.445 e. The fourth-order valence-corrected chi connectivity index (χ4v) is 4.47. The first kappa shape index (κ1) is 25.4. The minimum atomic E-state index is -0.986. The van der Waals surface area contributed by atoms with Gasteiger partial charge in [-0.1, -0.05) is 30.3 Å². The number of carbonyl (C=O) groups excluding carboxylic acids is 3. The standard InChI is InChI=1S/C24H33N3O8/c1-23(2)34-18-17(28)16(33-21(18)35-23)13-25-19(29)20(30)27-11-9-24(3,10-12-27)26-22(31)32-14-15-7-5-4-6-8-15/h4-8,16-18,21,28H,9-14H2,1-3H3,(H,25,29)(H,26,31)/t16-,17+,18-,21-/m1/s1. The molecule has 4 atom stereocenters. The van der Waals surface area contributed by atoms with E-state index in [0.717, 1.165) is 5.56 Å². The highest BCUT2D eigenvalue weighted by Gasteiger charge is 2.54. The van der Waals surface area contributed by atoms with Gasteiger partial charge < -0.3 is 39.6 Å². The fourth-order valence-electron chi connectivity index (χ4n) is 4.47. The molecular formula is C24H33N3O8. The maximum atomic E-state index is 12.6. The topological polar surface area (TPSA) is 136 Å². The van der Waals surface area contributed by atoms with Gasteiger partial charge in [0, 0.05) is 25.2 Å². The summed E-state index contributed by atoms with van der Waals surface area (Å²) in [6.45, 7) is 6.08. The quantitative estimate of drug-likeness (QED) is 0.511. The van der Waals surface area contributed by atoms with Crippen LogP contribution >= 0.6 is 0 Å². The van der Waals surface area contributed by atoms with Gasteiger partial charge in [0.2, 0.25) is 0 Å². The SMILES string of the molecule is CC1(NC(=O)OCc2ccccc2)CCN(C(=O)C(=O)NC[C@H]2O[C@@H]3OC(C)(C)O[C@@H]3[C@H]2O)CC1. The summed E-state index contributed by atoms with van der Waals surface area (Å²) >= 11 is 0. The van der Waals surface area contributed by atoms with E-state index in [9.17, 15) is 19.5 Å². The normalized spacial score (nSPS) is 28.7. The second-order valence-corrected chi connectivity index (χ2v) is 9.88. The molecule has 0 aromatic heterocycles. The lowest BCUT2D eigenvalue weighted by Crippen LogP contribution is -2.56. The van der Waals surface area contributed by atoms with E-state index in [-0.39, 0.29) is 13.2 Å². The zero-order chi connectivity index (χ0) is 25.2. The van der Waals surface area contributed by atoms with Crippen LogP contribution in [0.1, 0.15) is 39.2 Å². The predicted octanol–water partition coefficient (Wildman–Crippen LogP) is 0.647. The van der Waals surface area contributed by atoms with Crippen LogP contribution in [-0.4, -0.2) is 83.5 Å². The van der Waals surface area contributed by atoms with Gasteiger partial charge in [-0.2, -0.15) is 0 Å². The molecule has 3 N–H and O–H groups in total. The van der Waals surface area contributed by atoms with Crippen LogP contribution in [-0.2, 0) is 35.1 Å². The van der Waals surface area contributed by atoms with Gasteiger partial charge in [-0.25, -0.2) is 4.79 Å². The number of amides is 3. The average Bonchev–Trinajstić information content (AvgIpc) is 3.28. The van der Waals surface area contributed by atoms with E-state index in [0.29, 0.717) is 25.9 Å². The molecule has 0 saturated carbocycles. The molecule has 3 saturated heterocycles. The van der Waals surface area contributed by atoms with E-state index in [1.807, 2.05) is 37.3 Å². The van der Waals surface area contributed by atoms with Crippen LogP contribution < -0.4 is 10.6 Å². The number of alkyl carbamates (subject to hydrolysis) is 1. The number of nitrogens with zero attached hydrogens (tertiary/aromatic N) is 1. The summed E-state index contributed by atoms with van der Waals surface area (Å²) in [4.78, 5) is 38.7. The monoisotopic (exact) mass is 491 g/mol. The predicted molar refractivity (Wildman–Crippen MR) is 122 cm³/mol. The van der Waals surface area contributed by atoms with Gasteiger partial charge in [-0.3, -0.25) is 9.59 Å². The Bertz CT molecular complexity index is 932. The molecule has 0 spiro atoms. The minimum absolute atomic E-state index is 0.0494. The molecule has 35 heavy (non-hydrogen) atoms. The van der Waals surface area contributed by atoms with Crippen molar-refractivity contribution >= 4 is 17.9 Å². The molecule has 3 amide bonds. The fraction of sp³-hybridized carbons (Fsp3) is 0.625. The zero-order valence-electron chi connectivity index (χ0n) is 20.2. The number of fused-ring (bicyclic) bond motifs is 1. The number of ether oxygens (including phenoxy) is 4. The van der Waals surface area contributed by atoms with Crippen LogP contribution in [0.2, 0.25) is 0 Å². The molecule has 3 aliphatic rings. The summed E-state index contributed by atoms with van der Waals surface area (Å²) in [6.07, 6.45) is -2.66. The zero-order valence-corrected chi connectivity index (χ0v) is 20.2. The number of hydrogen-bond acceptors (Lipinski definition) is 8. The lowest BCUT2D eigenvalue weighted by Gasteiger charge is -2.39. The summed E-state index contributed by atoms with van der Waals surface area (Å²) in [5.74, 6) is -2.30. The Hall–Kier alpha value is -2.73. The number of rotatable bonds is 5. The molecule has 3 heterocycles. The van der Waals surface area contributed by atoms with Crippen LogP contribution in [0.4, 0.5) is 4.79 Å². The van der Waals surface area contributed by atoms with Gasteiger partial charge in [0.05, 0.1) is 0 Å². The van der Waals surface area contributed by atoms with Crippen LogP contribution in [0.25, 0.3) is 0 Å². The van der Waals surface area contributed by atoms with Gasteiger partial charge in [-0.05, 0) is 39.2 Å². The number of benzene rings is 1. The van der Waals surface area contributed by atoms with E-state index < -0.39 is 53.8 Å². The molecule has 0 bridgehead atoms. The summed E-state index contributed by atoms with van der Waals surface area (Å²) < 4.78 is 22.1. The Balaban J connectivity index is 1.18. The highest BCUT2D eigenvalue weighted by Crippen LogP contribution is 2.37. The van der Waals surface area contributed by atoms with Gasteiger partial charge in [0.1, 0.15) is 24.9 Å². The molecule has 11 nitrogen and oxygen atoms in total. The van der Waals surface area contributed by atoms with Crippen LogP contribution in [0.3, 0.4) is 0 Å². The first-order chi connectivity index (χ1) is 16.6. The lowest BCUT2D eigenvalue weighted by molar-refractivity contribution is -0.214. The van der Waals surface area contributed by atoms with Gasteiger partial charge in [0.25, 0.3) is 0 Å². The van der Waals surface area contributed by atoms with Gasteiger partial charge in [0.15, 0.2) is 12.1 Å². The van der Waals surface area contributed by atoms with Crippen LogP contribution in [0, 0.1) is 0 Å². The Morgan fingerprint density at radius 2 is 1.80 bits per heavy atom. The van der Waals surface area contributed by atoms with E-state index in [2.05, 4.69) is 10.6 Å². The Kier molecular flexibility index (Phi) is 7.32. The van der Waals surface area contributed by atoms with Crippen molar-refractivity contribution in [2.24, 2.45) is 0 Å². The Morgan fingerprint density at radius 1 is 1.11 bits per heavy atom. The third-order valence-corrected chi connectivity index (χ3v) is 6.54. The molecule has 1 aromatic rings. The molecule has 4 rings (SSSR count). The van der Waals surface area contributed by atoms with Crippen molar-refractivity contribution in [2.45, 2.75) is 76.1 Å².